The fourth-order valence-corrected chi connectivity index (χ4v) is 1.79. The molecule has 1 aromatic rings. The highest BCUT2D eigenvalue weighted by molar-refractivity contribution is 6.32. The fraction of sp³-hybridized carbons (Fsp3) is 0.533. The second kappa shape index (κ2) is 6.80. The molecular formula is C15H22ClNO2. The van der Waals surface area contributed by atoms with Crippen molar-refractivity contribution in [3.63, 3.8) is 0 Å². The molecule has 0 fully saturated rings. The van der Waals surface area contributed by atoms with Crippen molar-refractivity contribution in [3.05, 3.63) is 28.3 Å². The Morgan fingerprint density at radius 3 is 2.26 bits per heavy atom. The van der Waals surface area contributed by atoms with Crippen molar-refractivity contribution < 1.29 is 9.53 Å². The minimum absolute atomic E-state index is 0.0982. The Morgan fingerprint density at radius 1 is 1.26 bits per heavy atom. The van der Waals surface area contributed by atoms with Crippen molar-refractivity contribution in [1.82, 2.24) is 5.32 Å². The average molecular weight is 284 g/mol. The summed E-state index contributed by atoms with van der Waals surface area (Å²) in [5.74, 6) is 1.00. The van der Waals surface area contributed by atoms with Gasteiger partial charge in [0.25, 0.3) is 5.91 Å². The molecule has 0 heterocycles. The molecule has 4 heteroatoms. The first-order valence-corrected chi connectivity index (χ1v) is 6.90. The summed E-state index contributed by atoms with van der Waals surface area (Å²) in [6.07, 6.45) is -0.515. The van der Waals surface area contributed by atoms with Gasteiger partial charge < -0.3 is 10.1 Å². The second-order valence-corrected chi connectivity index (χ2v) is 5.65. The van der Waals surface area contributed by atoms with Gasteiger partial charge in [0.2, 0.25) is 0 Å². The van der Waals surface area contributed by atoms with Crippen LogP contribution in [0.15, 0.2) is 12.1 Å². The van der Waals surface area contributed by atoms with Crippen molar-refractivity contribution in [1.29, 1.82) is 0 Å². The summed E-state index contributed by atoms with van der Waals surface area (Å²) in [6, 6.07) is 3.70. The molecule has 1 unspecified atom stereocenters. The van der Waals surface area contributed by atoms with E-state index in [9.17, 15) is 4.79 Å². The van der Waals surface area contributed by atoms with Crippen molar-refractivity contribution in [3.8, 4) is 5.75 Å². The van der Waals surface area contributed by atoms with E-state index in [2.05, 4.69) is 19.2 Å². The van der Waals surface area contributed by atoms with E-state index in [1.165, 1.54) is 0 Å². The third-order valence-corrected chi connectivity index (χ3v) is 3.37. The van der Waals surface area contributed by atoms with Crippen molar-refractivity contribution in [2.24, 2.45) is 5.92 Å². The lowest BCUT2D eigenvalue weighted by Crippen LogP contribution is -2.38. The van der Waals surface area contributed by atoms with Crippen LogP contribution in [0.2, 0.25) is 5.02 Å². The first kappa shape index (κ1) is 15.8. The standard InChI is InChI=1S/C15H22ClNO2/c1-9(2)8-17-15(18)12(5)19-13-6-10(3)14(16)11(4)7-13/h6-7,9,12H,8H2,1-5H3,(H,17,18). The maximum absolute atomic E-state index is 11.8. The molecule has 1 amide bonds. The number of hydrogen-bond acceptors (Lipinski definition) is 2. The molecule has 0 saturated heterocycles. The van der Waals surface area contributed by atoms with Gasteiger partial charge in [0.1, 0.15) is 5.75 Å². The molecule has 1 aromatic carbocycles. The highest BCUT2D eigenvalue weighted by Crippen LogP contribution is 2.26. The van der Waals surface area contributed by atoms with E-state index < -0.39 is 6.10 Å². The van der Waals surface area contributed by atoms with E-state index in [0.29, 0.717) is 18.2 Å². The van der Waals surface area contributed by atoms with Gasteiger partial charge in [-0.05, 0) is 49.9 Å². The third kappa shape index (κ3) is 4.75. The van der Waals surface area contributed by atoms with Crippen LogP contribution in [0.25, 0.3) is 0 Å². The number of benzene rings is 1. The normalized spacial score (nSPS) is 12.4. The minimum atomic E-state index is -0.515. The molecule has 0 spiro atoms. The number of amides is 1. The number of ether oxygens (including phenoxy) is 1. The van der Waals surface area contributed by atoms with E-state index in [0.717, 1.165) is 16.1 Å². The Labute approximate surface area is 120 Å². The van der Waals surface area contributed by atoms with Crippen molar-refractivity contribution in [2.45, 2.75) is 40.7 Å². The van der Waals surface area contributed by atoms with E-state index in [1.807, 2.05) is 26.0 Å². The van der Waals surface area contributed by atoms with Gasteiger partial charge in [0, 0.05) is 11.6 Å². The van der Waals surface area contributed by atoms with Crippen LogP contribution >= 0.6 is 11.6 Å². The molecule has 3 nitrogen and oxygen atoms in total. The van der Waals surface area contributed by atoms with Crippen LogP contribution in [-0.4, -0.2) is 18.6 Å². The van der Waals surface area contributed by atoms with Crippen LogP contribution in [0.5, 0.6) is 5.75 Å². The van der Waals surface area contributed by atoms with Gasteiger partial charge in [-0.3, -0.25) is 4.79 Å². The third-order valence-electron chi connectivity index (χ3n) is 2.78. The van der Waals surface area contributed by atoms with Gasteiger partial charge in [-0.2, -0.15) is 0 Å². The summed E-state index contributed by atoms with van der Waals surface area (Å²) in [5.41, 5.74) is 1.90. The molecule has 1 N–H and O–H groups in total. The molecule has 1 atom stereocenters. The molecule has 0 aliphatic heterocycles. The molecule has 19 heavy (non-hydrogen) atoms. The lowest BCUT2D eigenvalue weighted by molar-refractivity contribution is -0.127. The lowest BCUT2D eigenvalue weighted by Gasteiger charge is -2.17. The largest absolute Gasteiger partial charge is 0.481 e. The predicted octanol–water partition coefficient (Wildman–Crippen LogP) is 3.50. The van der Waals surface area contributed by atoms with Gasteiger partial charge in [-0.15, -0.1) is 0 Å². The van der Waals surface area contributed by atoms with Crippen LogP contribution in [0.3, 0.4) is 0 Å². The maximum atomic E-state index is 11.8. The second-order valence-electron chi connectivity index (χ2n) is 5.27. The van der Waals surface area contributed by atoms with Gasteiger partial charge in [0.05, 0.1) is 0 Å². The molecule has 1 rings (SSSR count). The van der Waals surface area contributed by atoms with Crippen molar-refractivity contribution in [2.75, 3.05) is 6.54 Å². The quantitative estimate of drug-likeness (QED) is 0.898. The molecule has 0 aliphatic rings. The number of nitrogens with one attached hydrogen (secondary N) is 1. The molecular weight excluding hydrogens is 262 g/mol. The first-order valence-electron chi connectivity index (χ1n) is 6.52. The summed E-state index contributed by atoms with van der Waals surface area (Å²) in [4.78, 5) is 11.8. The smallest absolute Gasteiger partial charge is 0.260 e. The van der Waals surface area contributed by atoms with E-state index >= 15 is 0 Å². The molecule has 0 saturated carbocycles. The Bertz CT molecular complexity index is 434. The van der Waals surface area contributed by atoms with E-state index in [-0.39, 0.29) is 5.91 Å². The zero-order chi connectivity index (χ0) is 14.6. The van der Waals surface area contributed by atoms with E-state index in [4.69, 9.17) is 16.3 Å². The Hall–Kier alpha value is -1.22. The number of aryl methyl sites for hydroxylation is 2. The topological polar surface area (TPSA) is 38.3 Å². The average Bonchev–Trinajstić information content (AvgIpc) is 2.32. The van der Waals surface area contributed by atoms with E-state index in [1.54, 1.807) is 6.92 Å². The van der Waals surface area contributed by atoms with Crippen LogP contribution < -0.4 is 10.1 Å². The predicted molar refractivity (Wildman–Crippen MR) is 78.9 cm³/mol. The van der Waals surface area contributed by atoms with Crippen molar-refractivity contribution >= 4 is 17.5 Å². The summed E-state index contributed by atoms with van der Waals surface area (Å²) in [5, 5.41) is 3.59. The van der Waals surface area contributed by atoms with Crippen LogP contribution in [0, 0.1) is 19.8 Å². The number of halogens is 1. The zero-order valence-electron chi connectivity index (χ0n) is 12.2. The first-order chi connectivity index (χ1) is 8.81. The molecule has 0 radical (unpaired) electrons. The minimum Gasteiger partial charge on any atom is -0.481 e. The summed E-state index contributed by atoms with van der Waals surface area (Å²) in [7, 11) is 0. The molecule has 0 bridgehead atoms. The zero-order valence-corrected chi connectivity index (χ0v) is 13.0. The SMILES string of the molecule is Cc1cc(OC(C)C(=O)NCC(C)C)cc(C)c1Cl. The number of rotatable bonds is 5. The fourth-order valence-electron chi connectivity index (χ4n) is 1.68. The summed E-state index contributed by atoms with van der Waals surface area (Å²) >= 11 is 6.10. The van der Waals surface area contributed by atoms with Crippen LogP contribution in [0.1, 0.15) is 31.9 Å². The van der Waals surface area contributed by atoms with Crippen LogP contribution in [0.4, 0.5) is 0 Å². The molecule has 0 aromatic heterocycles. The highest BCUT2D eigenvalue weighted by atomic mass is 35.5. The molecule has 106 valence electrons. The number of hydrogen-bond donors (Lipinski definition) is 1. The Kier molecular flexibility index (Phi) is 5.67. The lowest BCUT2D eigenvalue weighted by atomic mass is 10.1. The number of carbonyl (C=O) groups excluding carboxylic acids is 1. The maximum Gasteiger partial charge on any atom is 0.260 e. The summed E-state index contributed by atoms with van der Waals surface area (Å²) in [6.45, 7) is 10.4. The summed E-state index contributed by atoms with van der Waals surface area (Å²) < 4.78 is 5.65. The van der Waals surface area contributed by atoms with Gasteiger partial charge in [-0.25, -0.2) is 0 Å². The highest BCUT2D eigenvalue weighted by Gasteiger charge is 2.15. The Balaban J connectivity index is 2.66. The number of carbonyl (C=O) groups is 1. The van der Waals surface area contributed by atoms with Gasteiger partial charge >= 0.3 is 0 Å². The van der Waals surface area contributed by atoms with Gasteiger partial charge in [-0.1, -0.05) is 25.4 Å². The Morgan fingerprint density at radius 2 is 1.79 bits per heavy atom. The van der Waals surface area contributed by atoms with Gasteiger partial charge in [0.15, 0.2) is 6.10 Å². The monoisotopic (exact) mass is 283 g/mol. The van der Waals surface area contributed by atoms with Crippen LogP contribution in [-0.2, 0) is 4.79 Å². The molecule has 0 aliphatic carbocycles.